The summed E-state index contributed by atoms with van der Waals surface area (Å²) in [5, 5.41) is 0. The quantitative estimate of drug-likeness (QED) is 0.0615. The van der Waals surface area contributed by atoms with E-state index in [0.29, 0.717) is 17.2 Å². The molecule has 7 aromatic carbocycles. The molecule has 7 nitrogen and oxygen atoms in total. The normalized spacial score (nSPS) is 11.4. The third-order valence-electron chi connectivity index (χ3n) is 10.6. The van der Waals surface area contributed by atoms with Gasteiger partial charge in [0.05, 0.1) is 7.11 Å². The second kappa shape index (κ2) is 18.7. The highest BCUT2D eigenvalue weighted by atomic mass is 16.6. The van der Waals surface area contributed by atoms with Crippen molar-refractivity contribution in [3.05, 3.63) is 209 Å². The molecule has 0 aromatic heterocycles. The molecule has 0 N–H and O–H groups in total. The number of carbonyl (C=O) groups is 2. The lowest BCUT2D eigenvalue weighted by atomic mass is 9.78. The molecule has 0 bridgehead atoms. The van der Waals surface area contributed by atoms with Crippen molar-refractivity contribution in [2.45, 2.75) is 40.0 Å². The zero-order valence-corrected chi connectivity index (χ0v) is 35.3. The van der Waals surface area contributed by atoms with Crippen LogP contribution in [0.3, 0.4) is 0 Å². The van der Waals surface area contributed by atoms with Crippen LogP contribution >= 0.6 is 0 Å². The summed E-state index contributed by atoms with van der Waals surface area (Å²) in [7, 11) is 1.66. The van der Waals surface area contributed by atoms with Crippen LogP contribution in [-0.4, -0.2) is 25.7 Å². The van der Waals surface area contributed by atoms with Gasteiger partial charge < -0.3 is 23.8 Å². The minimum absolute atomic E-state index is 0.250. The number of methoxy groups -OCH3 is 1. The van der Waals surface area contributed by atoms with Gasteiger partial charge in [-0.2, -0.15) is 0 Å². The molecule has 0 amide bonds. The van der Waals surface area contributed by atoms with Gasteiger partial charge in [-0.1, -0.05) is 110 Å². The van der Waals surface area contributed by atoms with Gasteiger partial charge in [0, 0.05) is 29.4 Å². The van der Waals surface area contributed by atoms with Crippen LogP contribution in [0.4, 0.5) is 17.1 Å². The fraction of sp³-hybridized carbons (Fsp3) is 0.148. The molecule has 306 valence electrons. The van der Waals surface area contributed by atoms with Crippen molar-refractivity contribution in [1.29, 1.82) is 0 Å². The van der Waals surface area contributed by atoms with Gasteiger partial charge in [-0.25, -0.2) is 4.79 Å². The van der Waals surface area contributed by atoms with Crippen LogP contribution in [0.1, 0.15) is 59.7 Å². The monoisotopic (exact) mass is 807 g/mol. The molecule has 0 heterocycles. The fourth-order valence-corrected chi connectivity index (χ4v) is 7.07. The highest BCUT2D eigenvalue weighted by Crippen LogP contribution is 2.37. The molecular formula is C54H49NO6. The summed E-state index contributed by atoms with van der Waals surface area (Å²) < 4.78 is 22.1. The zero-order chi connectivity index (χ0) is 42.9. The lowest BCUT2D eigenvalue weighted by molar-refractivity contribution is -0.136. The standard InChI is InChI=1S/C54H49NO6/c1-37-7-21-45(22-8-37)55(46-23-9-38(2)10-24-46)47-25-11-40(12-26-47)35-52(41-13-27-48(58-6)28-14-41)42-15-29-51(30-16-42)61-53(57)36-59-49-31-17-43(18-32-49)54(4,5)44-19-33-50(34-20-44)60-39(3)56/h7-35H,36H2,1-6H3. The fourth-order valence-electron chi connectivity index (χ4n) is 7.07. The molecular weight excluding hydrogens is 759 g/mol. The molecule has 7 aromatic rings. The van der Waals surface area contributed by atoms with Gasteiger partial charge in [-0.05, 0) is 138 Å². The van der Waals surface area contributed by atoms with E-state index in [-0.39, 0.29) is 18.0 Å². The van der Waals surface area contributed by atoms with Crippen molar-refractivity contribution in [2.75, 3.05) is 18.6 Å². The minimum atomic E-state index is -0.513. The van der Waals surface area contributed by atoms with Crippen molar-refractivity contribution in [2.24, 2.45) is 0 Å². The molecule has 0 saturated heterocycles. The molecule has 0 aliphatic heterocycles. The smallest absolute Gasteiger partial charge is 0.349 e. The van der Waals surface area contributed by atoms with E-state index >= 15 is 0 Å². The Morgan fingerprint density at radius 2 is 0.934 bits per heavy atom. The number of carbonyl (C=O) groups excluding carboxylic acids is 2. The molecule has 0 aliphatic rings. The van der Waals surface area contributed by atoms with Crippen LogP contribution in [0.25, 0.3) is 11.6 Å². The van der Waals surface area contributed by atoms with Crippen molar-refractivity contribution < 1.29 is 28.5 Å². The van der Waals surface area contributed by atoms with E-state index in [0.717, 1.165) is 56.2 Å². The average Bonchev–Trinajstić information content (AvgIpc) is 3.27. The summed E-state index contributed by atoms with van der Waals surface area (Å²) in [6, 6.07) is 56.3. The van der Waals surface area contributed by atoms with Gasteiger partial charge in [0.1, 0.15) is 23.0 Å². The van der Waals surface area contributed by atoms with Crippen molar-refractivity contribution in [3.63, 3.8) is 0 Å². The first-order chi connectivity index (χ1) is 29.4. The Morgan fingerprint density at radius 3 is 1.39 bits per heavy atom. The molecule has 0 unspecified atom stereocenters. The highest BCUT2D eigenvalue weighted by Gasteiger charge is 2.23. The van der Waals surface area contributed by atoms with Crippen molar-refractivity contribution in [1.82, 2.24) is 0 Å². The number of nitrogens with zero attached hydrogens (tertiary/aromatic N) is 1. The summed E-state index contributed by atoms with van der Waals surface area (Å²) in [6.07, 6.45) is 2.16. The zero-order valence-electron chi connectivity index (χ0n) is 35.3. The maximum Gasteiger partial charge on any atom is 0.349 e. The van der Waals surface area contributed by atoms with Crippen LogP contribution in [-0.2, 0) is 15.0 Å². The first kappa shape index (κ1) is 41.8. The SMILES string of the molecule is COc1ccc(C(=Cc2ccc(N(c3ccc(C)cc3)c3ccc(C)cc3)cc2)c2ccc(OC(=O)COc3ccc(C(C)(C)c4ccc(OC(C)=O)cc4)cc3)cc2)cc1. The van der Waals surface area contributed by atoms with E-state index in [1.807, 2.05) is 72.8 Å². The number of benzene rings is 7. The van der Waals surface area contributed by atoms with E-state index in [2.05, 4.69) is 111 Å². The van der Waals surface area contributed by atoms with Crippen LogP contribution in [0.2, 0.25) is 0 Å². The van der Waals surface area contributed by atoms with Crippen molar-refractivity contribution >= 4 is 40.6 Å². The van der Waals surface area contributed by atoms with E-state index in [1.165, 1.54) is 18.1 Å². The maximum absolute atomic E-state index is 12.9. The number of hydrogen-bond acceptors (Lipinski definition) is 7. The van der Waals surface area contributed by atoms with Gasteiger partial charge in [-0.15, -0.1) is 0 Å². The molecule has 61 heavy (non-hydrogen) atoms. The van der Waals surface area contributed by atoms with E-state index in [1.54, 1.807) is 31.4 Å². The van der Waals surface area contributed by atoms with Crippen LogP contribution in [0.15, 0.2) is 170 Å². The largest absolute Gasteiger partial charge is 0.497 e. The predicted octanol–water partition coefficient (Wildman–Crippen LogP) is 12.6. The Hall–Kier alpha value is -7.38. The highest BCUT2D eigenvalue weighted by molar-refractivity contribution is 5.92. The second-order valence-electron chi connectivity index (χ2n) is 15.4. The molecule has 0 saturated carbocycles. The van der Waals surface area contributed by atoms with Crippen LogP contribution in [0.5, 0.6) is 23.0 Å². The Balaban J connectivity index is 1.04. The predicted molar refractivity (Wildman–Crippen MR) is 244 cm³/mol. The van der Waals surface area contributed by atoms with E-state index in [9.17, 15) is 9.59 Å². The molecule has 0 radical (unpaired) electrons. The summed E-state index contributed by atoms with van der Waals surface area (Å²) in [6.45, 7) is 9.56. The number of aryl methyl sites for hydroxylation is 2. The van der Waals surface area contributed by atoms with E-state index < -0.39 is 5.97 Å². The lowest BCUT2D eigenvalue weighted by Gasteiger charge is -2.26. The van der Waals surface area contributed by atoms with Crippen LogP contribution < -0.4 is 23.8 Å². The Labute approximate surface area is 358 Å². The number of rotatable bonds is 14. The molecule has 0 atom stereocenters. The first-order valence-electron chi connectivity index (χ1n) is 20.2. The molecule has 7 rings (SSSR count). The average molecular weight is 808 g/mol. The molecule has 7 heteroatoms. The number of esters is 2. The molecule has 0 aliphatic carbocycles. The summed E-state index contributed by atoms with van der Waals surface area (Å²) in [5.41, 5.74) is 11.4. The summed E-state index contributed by atoms with van der Waals surface area (Å²) in [4.78, 5) is 26.5. The minimum Gasteiger partial charge on any atom is -0.497 e. The number of anilines is 3. The van der Waals surface area contributed by atoms with E-state index in [4.69, 9.17) is 18.9 Å². The van der Waals surface area contributed by atoms with Gasteiger partial charge >= 0.3 is 11.9 Å². The van der Waals surface area contributed by atoms with Gasteiger partial charge in [0.2, 0.25) is 0 Å². The third-order valence-corrected chi connectivity index (χ3v) is 10.6. The lowest BCUT2D eigenvalue weighted by Crippen LogP contribution is -2.19. The number of ether oxygens (including phenoxy) is 4. The topological polar surface area (TPSA) is 74.3 Å². The van der Waals surface area contributed by atoms with Gasteiger partial charge in [0.15, 0.2) is 6.61 Å². The Bertz CT molecular complexity index is 2550. The van der Waals surface area contributed by atoms with Crippen LogP contribution in [0, 0.1) is 13.8 Å². The second-order valence-corrected chi connectivity index (χ2v) is 15.4. The van der Waals surface area contributed by atoms with Gasteiger partial charge in [0.25, 0.3) is 0 Å². The molecule has 0 fully saturated rings. The van der Waals surface area contributed by atoms with Crippen molar-refractivity contribution in [3.8, 4) is 23.0 Å². The Morgan fingerprint density at radius 1 is 0.525 bits per heavy atom. The molecule has 0 spiro atoms. The summed E-state index contributed by atoms with van der Waals surface area (Å²) >= 11 is 0. The maximum atomic E-state index is 12.9. The summed E-state index contributed by atoms with van der Waals surface area (Å²) in [5.74, 6) is 1.38. The first-order valence-corrected chi connectivity index (χ1v) is 20.2. The Kier molecular flexibility index (Phi) is 12.8. The third kappa shape index (κ3) is 10.4. The number of hydrogen-bond donors (Lipinski definition) is 0. The van der Waals surface area contributed by atoms with Gasteiger partial charge in [-0.3, -0.25) is 4.79 Å².